The maximum Gasteiger partial charge on any atom is 0.169 e. The van der Waals surface area contributed by atoms with Gasteiger partial charge in [0.1, 0.15) is 0 Å². The first-order valence-corrected chi connectivity index (χ1v) is 5.29. The number of likely N-dealkylation sites (N-methyl/N-ethyl adjacent to an activating group) is 1. The maximum absolute atomic E-state index is 11.1. The van der Waals surface area contributed by atoms with E-state index in [2.05, 4.69) is 18.0 Å². The molecule has 0 saturated heterocycles. The molecule has 2 rings (SSSR count). The molecule has 0 bridgehead atoms. The summed E-state index contributed by atoms with van der Waals surface area (Å²) in [7, 11) is 2.12. The Labute approximate surface area is 82.2 Å². The zero-order chi connectivity index (χ0) is 9.42. The van der Waals surface area contributed by atoms with Gasteiger partial charge in [0.25, 0.3) is 0 Å². The van der Waals surface area contributed by atoms with Gasteiger partial charge in [-0.1, -0.05) is 0 Å². The fraction of sp³-hybridized carbons (Fsp3) is 0.500. The van der Waals surface area contributed by atoms with Crippen LogP contribution in [-0.4, -0.2) is 24.3 Å². The number of hydrogen-bond donors (Lipinski definition) is 0. The van der Waals surface area contributed by atoms with Crippen molar-refractivity contribution in [1.82, 2.24) is 4.90 Å². The molecule has 3 heteroatoms. The molecule has 0 fully saturated rings. The molecule has 2 nitrogen and oxygen atoms in total. The predicted molar refractivity (Wildman–Crippen MR) is 54.4 cm³/mol. The Kier molecular flexibility index (Phi) is 2.22. The summed E-state index contributed by atoms with van der Waals surface area (Å²) >= 11 is 1.66. The van der Waals surface area contributed by atoms with E-state index in [1.807, 2.05) is 0 Å². The van der Waals surface area contributed by atoms with E-state index in [1.165, 1.54) is 10.4 Å². The summed E-state index contributed by atoms with van der Waals surface area (Å²) < 4.78 is 0. The molecule has 70 valence electrons. The van der Waals surface area contributed by atoms with Crippen LogP contribution in [0.25, 0.3) is 0 Å². The Morgan fingerprint density at radius 1 is 1.62 bits per heavy atom. The SMILES string of the molecule is CC(=O)c1cc2c(s1)CN(C)CC2. The van der Waals surface area contributed by atoms with Crippen LogP contribution in [0.5, 0.6) is 0 Å². The van der Waals surface area contributed by atoms with Crippen LogP contribution >= 0.6 is 11.3 Å². The van der Waals surface area contributed by atoms with Gasteiger partial charge < -0.3 is 4.90 Å². The molecule has 0 amide bonds. The van der Waals surface area contributed by atoms with E-state index in [9.17, 15) is 4.79 Å². The van der Waals surface area contributed by atoms with Crippen molar-refractivity contribution < 1.29 is 4.79 Å². The summed E-state index contributed by atoms with van der Waals surface area (Å²) in [5, 5.41) is 0. The lowest BCUT2D eigenvalue weighted by molar-refractivity contribution is 0.102. The molecule has 0 radical (unpaired) electrons. The number of rotatable bonds is 1. The van der Waals surface area contributed by atoms with E-state index < -0.39 is 0 Å². The first-order valence-electron chi connectivity index (χ1n) is 4.48. The second-order valence-corrected chi connectivity index (χ2v) is 4.74. The number of carbonyl (C=O) groups is 1. The number of nitrogens with zero attached hydrogens (tertiary/aromatic N) is 1. The van der Waals surface area contributed by atoms with Gasteiger partial charge in [0.2, 0.25) is 0 Å². The molecule has 0 atom stereocenters. The number of thiophene rings is 1. The number of carbonyl (C=O) groups excluding carboxylic acids is 1. The van der Waals surface area contributed by atoms with Gasteiger partial charge in [0.05, 0.1) is 4.88 Å². The van der Waals surface area contributed by atoms with Crippen LogP contribution in [-0.2, 0) is 13.0 Å². The molecule has 1 aliphatic heterocycles. The molecule has 1 aliphatic rings. The normalized spacial score (nSPS) is 17.1. The fourth-order valence-electron chi connectivity index (χ4n) is 1.62. The largest absolute Gasteiger partial charge is 0.301 e. The molecule has 1 aromatic heterocycles. The third-order valence-corrected chi connectivity index (χ3v) is 3.68. The minimum atomic E-state index is 0.196. The number of ketones is 1. The van der Waals surface area contributed by atoms with Crippen LogP contribution in [0.3, 0.4) is 0 Å². The summed E-state index contributed by atoms with van der Waals surface area (Å²) in [6.45, 7) is 3.76. The highest BCUT2D eigenvalue weighted by Crippen LogP contribution is 2.27. The third-order valence-electron chi connectivity index (χ3n) is 2.42. The lowest BCUT2D eigenvalue weighted by Crippen LogP contribution is -2.24. The summed E-state index contributed by atoms with van der Waals surface area (Å²) in [5.74, 6) is 0.196. The molecular weight excluding hydrogens is 182 g/mol. The molecule has 0 spiro atoms. The Morgan fingerprint density at radius 2 is 2.38 bits per heavy atom. The molecule has 2 heterocycles. The Balaban J connectivity index is 2.33. The lowest BCUT2D eigenvalue weighted by Gasteiger charge is -2.21. The smallest absolute Gasteiger partial charge is 0.169 e. The van der Waals surface area contributed by atoms with Crippen molar-refractivity contribution >= 4 is 17.1 Å². The van der Waals surface area contributed by atoms with Crippen LogP contribution in [0.4, 0.5) is 0 Å². The third kappa shape index (κ3) is 1.67. The van der Waals surface area contributed by atoms with Crippen LogP contribution in [0.1, 0.15) is 27.0 Å². The zero-order valence-electron chi connectivity index (χ0n) is 7.96. The predicted octanol–water partition coefficient (Wildman–Crippen LogP) is 1.94. The number of Topliss-reactive ketones (excluding diaryl/α,β-unsaturated/α-hetero) is 1. The van der Waals surface area contributed by atoms with E-state index in [1.54, 1.807) is 18.3 Å². The lowest BCUT2D eigenvalue weighted by atomic mass is 10.1. The molecule has 0 unspecified atom stereocenters. The Morgan fingerprint density at radius 3 is 3.08 bits per heavy atom. The number of fused-ring (bicyclic) bond motifs is 1. The first-order chi connectivity index (χ1) is 6.16. The van der Waals surface area contributed by atoms with Crippen molar-refractivity contribution in [1.29, 1.82) is 0 Å². The van der Waals surface area contributed by atoms with Gasteiger partial charge in [-0.3, -0.25) is 4.79 Å². The molecule has 1 aromatic rings. The Hall–Kier alpha value is -0.670. The van der Waals surface area contributed by atoms with Gasteiger partial charge in [-0.25, -0.2) is 0 Å². The van der Waals surface area contributed by atoms with E-state index in [-0.39, 0.29) is 5.78 Å². The summed E-state index contributed by atoms with van der Waals surface area (Å²) in [5.41, 5.74) is 1.38. The zero-order valence-corrected chi connectivity index (χ0v) is 8.78. The molecule has 0 N–H and O–H groups in total. The molecule has 13 heavy (non-hydrogen) atoms. The van der Waals surface area contributed by atoms with E-state index in [0.29, 0.717) is 0 Å². The van der Waals surface area contributed by atoms with Gasteiger partial charge in [0, 0.05) is 18.0 Å². The minimum absolute atomic E-state index is 0.196. The van der Waals surface area contributed by atoms with Gasteiger partial charge in [-0.05, 0) is 32.0 Å². The molecule has 0 aromatic carbocycles. The highest BCUT2D eigenvalue weighted by Gasteiger charge is 2.17. The van der Waals surface area contributed by atoms with Gasteiger partial charge in [0.15, 0.2) is 5.78 Å². The van der Waals surface area contributed by atoms with Crippen molar-refractivity contribution in [3.05, 3.63) is 21.4 Å². The summed E-state index contributed by atoms with van der Waals surface area (Å²) in [6, 6.07) is 2.06. The molecular formula is C10H13NOS. The van der Waals surface area contributed by atoms with E-state index >= 15 is 0 Å². The summed E-state index contributed by atoms with van der Waals surface area (Å²) in [4.78, 5) is 15.7. The quantitative estimate of drug-likeness (QED) is 0.638. The average Bonchev–Trinajstić information content (AvgIpc) is 2.46. The fourth-order valence-corrected chi connectivity index (χ4v) is 2.81. The summed E-state index contributed by atoms with van der Waals surface area (Å²) in [6.07, 6.45) is 1.09. The van der Waals surface area contributed by atoms with Crippen LogP contribution in [0.15, 0.2) is 6.07 Å². The second kappa shape index (κ2) is 3.24. The van der Waals surface area contributed by atoms with Crippen molar-refractivity contribution in [2.45, 2.75) is 19.9 Å². The van der Waals surface area contributed by atoms with Crippen molar-refractivity contribution in [2.24, 2.45) is 0 Å². The monoisotopic (exact) mass is 195 g/mol. The van der Waals surface area contributed by atoms with Crippen LogP contribution in [0.2, 0.25) is 0 Å². The Bertz CT molecular complexity index is 343. The van der Waals surface area contributed by atoms with Crippen molar-refractivity contribution in [2.75, 3.05) is 13.6 Å². The van der Waals surface area contributed by atoms with Crippen molar-refractivity contribution in [3.8, 4) is 0 Å². The highest BCUT2D eigenvalue weighted by molar-refractivity contribution is 7.14. The van der Waals surface area contributed by atoms with Crippen LogP contribution in [0, 0.1) is 0 Å². The second-order valence-electron chi connectivity index (χ2n) is 3.60. The number of hydrogen-bond acceptors (Lipinski definition) is 3. The van der Waals surface area contributed by atoms with E-state index in [0.717, 1.165) is 24.4 Å². The van der Waals surface area contributed by atoms with Crippen LogP contribution < -0.4 is 0 Å². The maximum atomic E-state index is 11.1. The standard InChI is InChI=1S/C10H13NOS/c1-7(12)9-5-8-3-4-11(2)6-10(8)13-9/h5H,3-4,6H2,1-2H3. The van der Waals surface area contributed by atoms with E-state index in [4.69, 9.17) is 0 Å². The van der Waals surface area contributed by atoms with Gasteiger partial charge >= 0.3 is 0 Å². The average molecular weight is 195 g/mol. The molecule has 0 aliphatic carbocycles. The topological polar surface area (TPSA) is 20.3 Å². The van der Waals surface area contributed by atoms with Gasteiger partial charge in [-0.2, -0.15) is 0 Å². The first kappa shape index (κ1) is 8.91. The van der Waals surface area contributed by atoms with Gasteiger partial charge in [-0.15, -0.1) is 11.3 Å². The van der Waals surface area contributed by atoms with Crippen molar-refractivity contribution in [3.63, 3.8) is 0 Å². The molecule has 0 saturated carbocycles. The minimum Gasteiger partial charge on any atom is -0.301 e. The highest BCUT2D eigenvalue weighted by atomic mass is 32.1.